The number of pyridine rings is 1. The minimum absolute atomic E-state index is 0.189. The van der Waals surface area contributed by atoms with Crippen molar-refractivity contribution >= 4 is 50.6 Å². The normalized spacial score (nSPS) is 10.9. The fourth-order valence-electron chi connectivity index (χ4n) is 2.27. The Hall–Kier alpha value is -2.64. The predicted octanol–water partition coefficient (Wildman–Crippen LogP) is 4.19. The number of amides is 1. The Morgan fingerprint density at radius 2 is 2.11 bits per heavy atom. The van der Waals surface area contributed by atoms with E-state index in [-0.39, 0.29) is 6.61 Å². The number of rotatable bonds is 6. The van der Waals surface area contributed by atoms with Gasteiger partial charge < -0.3 is 9.47 Å². The first-order valence-electron chi connectivity index (χ1n) is 7.90. The average molecular weight is 449 g/mol. The first-order valence-corrected chi connectivity index (χ1v) is 9.07. The third kappa shape index (κ3) is 4.96. The van der Waals surface area contributed by atoms with E-state index in [2.05, 4.69) is 31.4 Å². The molecule has 27 heavy (non-hydrogen) atoms. The molecule has 1 amide bonds. The van der Waals surface area contributed by atoms with E-state index < -0.39 is 5.91 Å². The van der Waals surface area contributed by atoms with Crippen molar-refractivity contribution in [3.63, 3.8) is 0 Å². The number of aromatic nitrogens is 1. The summed E-state index contributed by atoms with van der Waals surface area (Å²) in [4.78, 5) is 16.2. The minimum atomic E-state index is -0.404. The van der Waals surface area contributed by atoms with E-state index >= 15 is 0 Å². The van der Waals surface area contributed by atoms with Crippen molar-refractivity contribution < 1.29 is 14.3 Å². The summed E-state index contributed by atoms with van der Waals surface area (Å²) in [6.45, 7) is -0.189. The maximum Gasteiger partial charge on any atom is 0.277 e. The van der Waals surface area contributed by atoms with Gasteiger partial charge in [0, 0.05) is 10.9 Å². The van der Waals surface area contributed by atoms with Crippen LogP contribution >= 0.6 is 27.5 Å². The molecular weight excluding hydrogens is 434 g/mol. The third-order valence-electron chi connectivity index (χ3n) is 3.60. The maximum atomic E-state index is 11.9. The van der Waals surface area contributed by atoms with E-state index in [1.54, 1.807) is 25.3 Å². The summed E-state index contributed by atoms with van der Waals surface area (Å²) in [5, 5.41) is 5.15. The van der Waals surface area contributed by atoms with E-state index in [1.807, 2.05) is 30.3 Å². The molecule has 138 valence electrons. The van der Waals surface area contributed by atoms with Crippen LogP contribution in [-0.2, 0) is 4.79 Å². The van der Waals surface area contributed by atoms with Gasteiger partial charge in [0.1, 0.15) is 16.7 Å². The number of benzene rings is 2. The Kier molecular flexibility index (Phi) is 6.26. The van der Waals surface area contributed by atoms with Crippen LogP contribution in [0.5, 0.6) is 11.5 Å². The molecular formula is C19H15BrClN3O3. The van der Waals surface area contributed by atoms with Crippen molar-refractivity contribution in [3.8, 4) is 11.5 Å². The summed E-state index contributed by atoms with van der Waals surface area (Å²) >= 11 is 9.51. The molecule has 1 N–H and O–H groups in total. The molecule has 2 aromatic carbocycles. The van der Waals surface area contributed by atoms with Crippen LogP contribution in [-0.4, -0.2) is 30.8 Å². The van der Waals surface area contributed by atoms with Crippen molar-refractivity contribution in [2.24, 2.45) is 5.10 Å². The second-order valence-electron chi connectivity index (χ2n) is 5.44. The van der Waals surface area contributed by atoms with Crippen molar-refractivity contribution in [3.05, 3.63) is 63.7 Å². The largest absolute Gasteiger partial charge is 0.497 e. The number of nitrogens with one attached hydrogen (secondary N) is 1. The number of hydrogen-bond acceptors (Lipinski definition) is 5. The van der Waals surface area contributed by atoms with Crippen molar-refractivity contribution in [1.29, 1.82) is 0 Å². The fraction of sp³-hybridized carbons (Fsp3) is 0.105. The topological polar surface area (TPSA) is 72.8 Å². The van der Waals surface area contributed by atoms with Gasteiger partial charge >= 0.3 is 0 Å². The van der Waals surface area contributed by atoms with Crippen LogP contribution in [0.25, 0.3) is 10.9 Å². The number of hydrogen-bond donors (Lipinski definition) is 1. The Bertz CT molecular complexity index is 1010. The van der Waals surface area contributed by atoms with E-state index in [9.17, 15) is 4.79 Å². The number of ether oxygens (including phenoxy) is 2. The number of carbonyl (C=O) groups is 1. The van der Waals surface area contributed by atoms with Gasteiger partial charge in [-0.15, -0.1) is 0 Å². The average Bonchev–Trinajstić information content (AvgIpc) is 2.67. The molecule has 0 saturated heterocycles. The Labute approximate surface area is 169 Å². The van der Waals surface area contributed by atoms with Gasteiger partial charge in [0.05, 0.1) is 23.3 Å². The predicted molar refractivity (Wildman–Crippen MR) is 109 cm³/mol. The Morgan fingerprint density at radius 1 is 1.30 bits per heavy atom. The summed E-state index contributed by atoms with van der Waals surface area (Å²) < 4.78 is 11.2. The summed E-state index contributed by atoms with van der Waals surface area (Å²) in [6, 6.07) is 14.7. The van der Waals surface area contributed by atoms with E-state index in [0.717, 1.165) is 10.9 Å². The van der Waals surface area contributed by atoms with Crippen LogP contribution in [0.15, 0.2) is 58.1 Å². The highest BCUT2D eigenvalue weighted by atomic mass is 79.9. The van der Waals surface area contributed by atoms with Gasteiger partial charge in [0.2, 0.25) is 0 Å². The van der Waals surface area contributed by atoms with Gasteiger partial charge in [0.25, 0.3) is 5.91 Å². The van der Waals surface area contributed by atoms with Gasteiger partial charge in [0.15, 0.2) is 6.61 Å². The number of hydrazone groups is 1. The molecule has 0 saturated carbocycles. The van der Waals surface area contributed by atoms with Gasteiger partial charge in [-0.1, -0.05) is 29.8 Å². The van der Waals surface area contributed by atoms with Crippen LogP contribution in [0, 0.1) is 0 Å². The quantitative estimate of drug-likeness (QED) is 0.349. The number of nitrogens with zero attached hydrogens (tertiary/aromatic N) is 2. The molecule has 0 aliphatic carbocycles. The van der Waals surface area contributed by atoms with E-state index in [1.165, 1.54) is 6.21 Å². The standard InChI is InChI=1S/C19H15BrClN3O3/c1-26-14-6-7-17(15(20)9-14)27-11-18(25)24-22-10-13-8-12-4-2-3-5-16(12)23-19(13)21/h2-10H,11H2,1H3,(H,24,25). The number of carbonyl (C=O) groups excluding carboxylic acids is 1. The molecule has 0 aliphatic heterocycles. The minimum Gasteiger partial charge on any atom is -0.497 e. The molecule has 0 unspecified atom stereocenters. The lowest BCUT2D eigenvalue weighted by molar-refractivity contribution is -0.123. The first-order chi connectivity index (χ1) is 13.1. The lowest BCUT2D eigenvalue weighted by Crippen LogP contribution is -2.24. The lowest BCUT2D eigenvalue weighted by Gasteiger charge is -2.08. The second-order valence-corrected chi connectivity index (χ2v) is 6.65. The first kappa shape index (κ1) is 19.1. The highest BCUT2D eigenvalue weighted by Crippen LogP contribution is 2.29. The van der Waals surface area contributed by atoms with Crippen LogP contribution in [0.1, 0.15) is 5.56 Å². The monoisotopic (exact) mass is 447 g/mol. The van der Waals surface area contributed by atoms with E-state index in [0.29, 0.717) is 26.7 Å². The summed E-state index contributed by atoms with van der Waals surface area (Å²) in [7, 11) is 1.57. The molecule has 0 atom stereocenters. The molecule has 6 nitrogen and oxygen atoms in total. The molecule has 1 heterocycles. The van der Waals surface area contributed by atoms with E-state index in [4.69, 9.17) is 21.1 Å². The molecule has 3 aromatic rings. The van der Waals surface area contributed by atoms with Crippen LogP contribution < -0.4 is 14.9 Å². The van der Waals surface area contributed by atoms with Crippen LogP contribution in [0.3, 0.4) is 0 Å². The smallest absolute Gasteiger partial charge is 0.277 e. The maximum absolute atomic E-state index is 11.9. The van der Waals surface area contributed by atoms with Gasteiger partial charge in [-0.25, -0.2) is 10.4 Å². The van der Waals surface area contributed by atoms with Gasteiger partial charge in [-0.2, -0.15) is 5.10 Å². The molecule has 0 aliphatic rings. The fourth-order valence-corrected chi connectivity index (χ4v) is 2.94. The van der Waals surface area contributed by atoms with Crippen molar-refractivity contribution in [2.45, 2.75) is 0 Å². The number of para-hydroxylation sites is 1. The zero-order chi connectivity index (χ0) is 19.2. The summed E-state index contributed by atoms with van der Waals surface area (Å²) in [5.74, 6) is 0.805. The lowest BCUT2D eigenvalue weighted by atomic mass is 10.2. The molecule has 0 spiro atoms. The number of methoxy groups -OCH3 is 1. The third-order valence-corrected chi connectivity index (χ3v) is 4.52. The molecule has 8 heteroatoms. The van der Waals surface area contributed by atoms with Crippen molar-refractivity contribution in [1.82, 2.24) is 10.4 Å². The Morgan fingerprint density at radius 3 is 2.89 bits per heavy atom. The highest BCUT2D eigenvalue weighted by Gasteiger charge is 2.07. The Balaban J connectivity index is 1.58. The van der Waals surface area contributed by atoms with Crippen LogP contribution in [0.2, 0.25) is 5.15 Å². The molecule has 0 bridgehead atoms. The van der Waals surface area contributed by atoms with Gasteiger partial charge in [-0.3, -0.25) is 4.79 Å². The second kappa shape index (κ2) is 8.83. The molecule has 1 aromatic heterocycles. The molecule has 3 rings (SSSR count). The zero-order valence-electron chi connectivity index (χ0n) is 14.3. The summed E-state index contributed by atoms with van der Waals surface area (Å²) in [5.41, 5.74) is 3.80. The van der Waals surface area contributed by atoms with Crippen molar-refractivity contribution in [2.75, 3.05) is 13.7 Å². The number of fused-ring (bicyclic) bond motifs is 1. The SMILES string of the molecule is COc1ccc(OCC(=O)NN=Cc2cc3ccccc3nc2Cl)c(Br)c1. The molecule has 0 fully saturated rings. The molecule has 0 radical (unpaired) electrons. The number of halogens is 2. The summed E-state index contributed by atoms with van der Waals surface area (Å²) in [6.07, 6.45) is 1.45. The zero-order valence-corrected chi connectivity index (χ0v) is 16.6. The van der Waals surface area contributed by atoms with Crippen LogP contribution in [0.4, 0.5) is 0 Å². The highest BCUT2D eigenvalue weighted by molar-refractivity contribution is 9.10. The van der Waals surface area contributed by atoms with Gasteiger partial charge in [-0.05, 0) is 46.3 Å².